The molecule has 1 N–H and O–H groups in total. The Labute approximate surface area is 110 Å². The summed E-state index contributed by atoms with van der Waals surface area (Å²) in [5.41, 5.74) is 0.971. The van der Waals surface area contributed by atoms with Crippen molar-refractivity contribution in [2.75, 3.05) is 5.32 Å². The smallest absolute Gasteiger partial charge is 0.285 e. The minimum atomic E-state index is -0.532. The minimum Gasteiger partial charge on any atom is -0.322 e. The Kier molecular flexibility index (Phi) is 3.56. The normalized spacial score (nSPS) is 9.95. The number of carbonyl (C=O) groups excluding carboxylic acids is 1. The van der Waals surface area contributed by atoms with E-state index in [1.807, 2.05) is 6.07 Å². The predicted octanol–water partition coefficient (Wildman–Crippen LogP) is 3.16. The summed E-state index contributed by atoms with van der Waals surface area (Å²) < 4.78 is 0. The zero-order valence-electron chi connectivity index (χ0n) is 10.3. The molecule has 0 spiro atoms. The van der Waals surface area contributed by atoms with Gasteiger partial charge in [-0.15, -0.1) is 0 Å². The van der Waals surface area contributed by atoms with Gasteiger partial charge in [-0.3, -0.25) is 14.9 Å². The monoisotopic (exact) mass is 256 g/mol. The zero-order valence-corrected chi connectivity index (χ0v) is 10.3. The average molecular weight is 256 g/mol. The molecule has 5 heteroatoms. The molecule has 0 fully saturated rings. The van der Waals surface area contributed by atoms with E-state index < -0.39 is 10.8 Å². The van der Waals surface area contributed by atoms with Gasteiger partial charge in [0.15, 0.2) is 0 Å². The van der Waals surface area contributed by atoms with Crippen molar-refractivity contribution in [1.29, 1.82) is 0 Å². The van der Waals surface area contributed by atoms with Crippen LogP contribution in [0.3, 0.4) is 0 Å². The molecule has 2 aromatic rings. The van der Waals surface area contributed by atoms with Gasteiger partial charge in [0.1, 0.15) is 5.56 Å². The Morgan fingerprint density at radius 2 is 1.79 bits per heavy atom. The maximum absolute atomic E-state index is 12.1. The molecule has 0 unspecified atom stereocenters. The van der Waals surface area contributed by atoms with Crippen LogP contribution in [0.25, 0.3) is 0 Å². The van der Waals surface area contributed by atoms with E-state index in [1.165, 1.54) is 6.07 Å². The molecule has 5 nitrogen and oxygen atoms in total. The van der Waals surface area contributed by atoms with Gasteiger partial charge in [0.25, 0.3) is 11.6 Å². The molecule has 19 heavy (non-hydrogen) atoms. The standard InChI is InChI=1S/C14H12N2O3/c1-10-6-5-9-12(13(10)16(18)19)14(17)15-11-7-3-2-4-8-11/h2-9H,1H3,(H,15,17). The second kappa shape index (κ2) is 5.30. The van der Waals surface area contributed by atoms with Gasteiger partial charge in [-0.1, -0.05) is 30.3 Å². The molecule has 0 saturated carbocycles. The van der Waals surface area contributed by atoms with Crippen LogP contribution in [0.1, 0.15) is 15.9 Å². The van der Waals surface area contributed by atoms with Gasteiger partial charge in [0, 0.05) is 11.3 Å². The quantitative estimate of drug-likeness (QED) is 0.677. The number of nitro benzene ring substituents is 1. The van der Waals surface area contributed by atoms with Crippen molar-refractivity contribution in [2.24, 2.45) is 0 Å². The summed E-state index contributed by atoms with van der Waals surface area (Å²) in [5, 5.41) is 13.7. The number of carbonyl (C=O) groups is 1. The number of nitrogens with zero attached hydrogens (tertiary/aromatic N) is 1. The summed E-state index contributed by atoms with van der Waals surface area (Å²) >= 11 is 0. The molecule has 0 aliphatic carbocycles. The van der Waals surface area contributed by atoms with Gasteiger partial charge in [0.05, 0.1) is 4.92 Å². The number of rotatable bonds is 3. The summed E-state index contributed by atoms with van der Waals surface area (Å²) in [4.78, 5) is 22.6. The maximum Gasteiger partial charge on any atom is 0.285 e. The van der Waals surface area contributed by atoms with Crippen molar-refractivity contribution in [1.82, 2.24) is 0 Å². The lowest BCUT2D eigenvalue weighted by atomic mass is 10.1. The molecule has 0 radical (unpaired) electrons. The van der Waals surface area contributed by atoms with Gasteiger partial charge in [-0.2, -0.15) is 0 Å². The predicted molar refractivity (Wildman–Crippen MR) is 72.2 cm³/mol. The van der Waals surface area contributed by atoms with E-state index in [-0.39, 0.29) is 11.3 Å². The molecule has 0 atom stereocenters. The van der Waals surface area contributed by atoms with Crippen molar-refractivity contribution in [2.45, 2.75) is 6.92 Å². The number of hydrogen-bond donors (Lipinski definition) is 1. The van der Waals surface area contributed by atoms with Gasteiger partial charge in [0.2, 0.25) is 0 Å². The molecule has 0 aromatic heterocycles. The Morgan fingerprint density at radius 1 is 1.11 bits per heavy atom. The van der Waals surface area contributed by atoms with Crippen molar-refractivity contribution >= 4 is 17.3 Å². The highest BCUT2D eigenvalue weighted by molar-refractivity contribution is 6.07. The lowest BCUT2D eigenvalue weighted by Crippen LogP contribution is -2.14. The number of nitro groups is 1. The number of para-hydroxylation sites is 2. The second-order valence-corrected chi connectivity index (χ2v) is 4.05. The molecular formula is C14H12N2O3. The maximum atomic E-state index is 12.1. The first-order valence-electron chi connectivity index (χ1n) is 5.70. The Morgan fingerprint density at radius 3 is 2.42 bits per heavy atom. The highest BCUT2D eigenvalue weighted by Gasteiger charge is 2.22. The van der Waals surface area contributed by atoms with Gasteiger partial charge in [-0.05, 0) is 25.1 Å². The first kappa shape index (κ1) is 12.8. The van der Waals surface area contributed by atoms with E-state index in [2.05, 4.69) is 5.32 Å². The fourth-order valence-corrected chi connectivity index (χ4v) is 1.80. The number of nitrogens with one attached hydrogen (secondary N) is 1. The average Bonchev–Trinajstić information content (AvgIpc) is 2.39. The van der Waals surface area contributed by atoms with E-state index >= 15 is 0 Å². The molecule has 0 bridgehead atoms. The highest BCUT2D eigenvalue weighted by atomic mass is 16.6. The molecule has 96 valence electrons. The van der Waals surface area contributed by atoms with E-state index in [9.17, 15) is 14.9 Å². The minimum absolute atomic E-state index is 0.0638. The zero-order chi connectivity index (χ0) is 13.8. The van der Waals surface area contributed by atoms with Gasteiger partial charge in [-0.25, -0.2) is 0 Å². The fourth-order valence-electron chi connectivity index (χ4n) is 1.80. The summed E-state index contributed by atoms with van der Waals surface area (Å²) in [6, 6.07) is 13.5. The number of anilines is 1. The first-order valence-corrected chi connectivity index (χ1v) is 5.70. The first-order chi connectivity index (χ1) is 9.09. The van der Waals surface area contributed by atoms with Crippen molar-refractivity contribution in [3.05, 3.63) is 69.8 Å². The fraction of sp³-hybridized carbons (Fsp3) is 0.0714. The summed E-state index contributed by atoms with van der Waals surface area (Å²) in [5.74, 6) is -0.485. The van der Waals surface area contributed by atoms with Crippen molar-refractivity contribution in [3.63, 3.8) is 0 Å². The number of amides is 1. The van der Waals surface area contributed by atoms with Crippen LogP contribution in [0.15, 0.2) is 48.5 Å². The molecule has 1 amide bonds. The lowest BCUT2D eigenvalue weighted by molar-refractivity contribution is -0.385. The molecule has 0 saturated heterocycles. The van der Waals surface area contributed by atoms with E-state index in [4.69, 9.17) is 0 Å². The summed E-state index contributed by atoms with van der Waals surface area (Å²) in [7, 11) is 0. The van der Waals surface area contributed by atoms with E-state index in [0.29, 0.717) is 11.3 Å². The molecular weight excluding hydrogens is 244 g/mol. The number of aryl methyl sites for hydroxylation is 1. The molecule has 0 aliphatic rings. The second-order valence-electron chi connectivity index (χ2n) is 4.05. The third-order valence-corrected chi connectivity index (χ3v) is 2.70. The van der Waals surface area contributed by atoms with Gasteiger partial charge >= 0.3 is 0 Å². The van der Waals surface area contributed by atoms with Crippen LogP contribution >= 0.6 is 0 Å². The summed E-state index contributed by atoms with van der Waals surface area (Å²) in [6.07, 6.45) is 0. The molecule has 2 aromatic carbocycles. The Bertz CT molecular complexity index is 624. The third-order valence-electron chi connectivity index (χ3n) is 2.70. The third kappa shape index (κ3) is 2.77. The van der Waals surface area contributed by atoms with Crippen LogP contribution in [0.2, 0.25) is 0 Å². The van der Waals surface area contributed by atoms with E-state index in [1.54, 1.807) is 43.3 Å². The largest absolute Gasteiger partial charge is 0.322 e. The van der Waals surface area contributed by atoms with Crippen LogP contribution < -0.4 is 5.32 Å². The number of hydrogen-bond acceptors (Lipinski definition) is 3. The van der Waals surface area contributed by atoms with Crippen molar-refractivity contribution < 1.29 is 9.72 Å². The Balaban J connectivity index is 2.35. The molecule has 2 rings (SSSR count). The topological polar surface area (TPSA) is 72.2 Å². The van der Waals surface area contributed by atoms with Crippen LogP contribution in [0.5, 0.6) is 0 Å². The molecule has 0 heterocycles. The highest BCUT2D eigenvalue weighted by Crippen LogP contribution is 2.23. The van der Waals surface area contributed by atoms with Crippen LogP contribution in [-0.2, 0) is 0 Å². The Hall–Kier alpha value is -2.69. The van der Waals surface area contributed by atoms with Crippen LogP contribution in [0, 0.1) is 17.0 Å². The van der Waals surface area contributed by atoms with E-state index in [0.717, 1.165) is 0 Å². The van der Waals surface area contributed by atoms with Crippen LogP contribution in [0.4, 0.5) is 11.4 Å². The lowest BCUT2D eigenvalue weighted by Gasteiger charge is -2.06. The van der Waals surface area contributed by atoms with Gasteiger partial charge < -0.3 is 5.32 Å². The van der Waals surface area contributed by atoms with Crippen LogP contribution in [-0.4, -0.2) is 10.8 Å². The summed E-state index contributed by atoms with van der Waals surface area (Å²) in [6.45, 7) is 1.61. The SMILES string of the molecule is Cc1cccc(C(=O)Nc2ccccc2)c1[N+](=O)[O-]. The molecule has 0 aliphatic heterocycles. The number of benzene rings is 2. The van der Waals surface area contributed by atoms with Crippen molar-refractivity contribution in [3.8, 4) is 0 Å².